The third-order valence-electron chi connectivity index (χ3n) is 4.64. The summed E-state index contributed by atoms with van der Waals surface area (Å²) in [5.41, 5.74) is 2.28. The summed E-state index contributed by atoms with van der Waals surface area (Å²) in [4.78, 5) is 4.74. The van der Waals surface area contributed by atoms with E-state index < -0.39 is 0 Å². The Morgan fingerprint density at radius 1 is 1.24 bits per heavy atom. The molecule has 1 heterocycles. The Hall–Kier alpha value is -1.06. The van der Waals surface area contributed by atoms with Crippen molar-refractivity contribution < 1.29 is 14.2 Å². The summed E-state index contributed by atoms with van der Waals surface area (Å²) < 4.78 is 17.1. The Balaban J connectivity index is 0.00000420. The van der Waals surface area contributed by atoms with E-state index in [4.69, 9.17) is 19.2 Å². The molecule has 0 saturated carbocycles. The molecule has 7 heteroatoms. The van der Waals surface area contributed by atoms with Crippen molar-refractivity contribution in [3.8, 4) is 5.75 Å². The van der Waals surface area contributed by atoms with Gasteiger partial charge in [-0.1, -0.05) is 12.1 Å². The quantitative estimate of drug-likeness (QED) is 0.189. The minimum absolute atomic E-state index is 0. The Morgan fingerprint density at radius 3 is 2.83 bits per heavy atom. The monoisotopic (exact) mass is 519 g/mol. The maximum absolute atomic E-state index is 6.08. The normalized spacial score (nSPS) is 16.4. The minimum Gasteiger partial charge on any atom is -0.491 e. The highest BCUT2D eigenvalue weighted by Gasteiger charge is 2.17. The van der Waals surface area contributed by atoms with Crippen LogP contribution in [0.15, 0.2) is 23.2 Å². The van der Waals surface area contributed by atoms with E-state index in [1.807, 2.05) is 6.92 Å². The van der Waals surface area contributed by atoms with Gasteiger partial charge in [0.2, 0.25) is 0 Å². The molecule has 0 aromatic heterocycles. The highest BCUT2D eigenvalue weighted by molar-refractivity contribution is 14.0. The standard InChI is InChI=1S/C22H37N3O3.HI/c1-4-23-22(24-12-6-7-13-26-5-2)25-16-19-11-10-18(3)15-21(19)28-17-20-9-8-14-27-20;/h10-11,15,20H,4-9,12-14,16-17H2,1-3H3,(H2,23,24,25);1H. The largest absolute Gasteiger partial charge is 0.491 e. The van der Waals surface area contributed by atoms with Gasteiger partial charge in [0.25, 0.3) is 0 Å². The van der Waals surface area contributed by atoms with Gasteiger partial charge >= 0.3 is 0 Å². The summed E-state index contributed by atoms with van der Waals surface area (Å²) in [6.45, 7) is 11.5. The van der Waals surface area contributed by atoms with Crippen LogP contribution in [0, 0.1) is 6.92 Å². The number of aliphatic imine (C=N–C) groups is 1. The molecule has 0 radical (unpaired) electrons. The molecule has 1 saturated heterocycles. The van der Waals surface area contributed by atoms with Crippen LogP contribution < -0.4 is 15.4 Å². The van der Waals surface area contributed by atoms with Gasteiger partial charge in [0.05, 0.1) is 12.6 Å². The second-order valence-corrected chi connectivity index (χ2v) is 7.08. The van der Waals surface area contributed by atoms with Gasteiger partial charge in [-0.05, 0) is 58.1 Å². The maximum atomic E-state index is 6.08. The summed E-state index contributed by atoms with van der Waals surface area (Å²) >= 11 is 0. The van der Waals surface area contributed by atoms with Crippen LogP contribution in [0.1, 0.15) is 50.7 Å². The Bertz CT molecular complexity index is 593. The van der Waals surface area contributed by atoms with Crippen molar-refractivity contribution in [3.05, 3.63) is 29.3 Å². The fourth-order valence-electron chi connectivity index (χ4n) is 3.07. The van der Waals surface area contributed by atoms with Gasteiger partial charge in [-0.15, -0.1) is 24.0 Å². The van der Waals surface area contributed by atoms with Gasteiger partial charge in [0, 0.05) is 38.5 Å². The molecule has 1 aliphatic rings. The van der Waals surface area contributed by atoms with Crippen molar-refractivity contribution in [3.63, 3.8) is 0 Å². The summed E-state index contributed by atoms with van der Waals surface area (Å²) in [6, 6.07) is 6.31. The lowest BCUT2D eigenvalue weighted by Crippen LogP contribution is -2.37. The zero-order valence-electron chi connectivity index (χ0n) is 18.2. The predicted molar refractivity (Wildman–Crippen MR) is 130 cm³/mol. The average Bonchev–Trinajstić information content (AvgIpc) is 3.21. The molecular formula is C22H38IN3O3. The fourth-order valence-corrected chi connectivity index (χ4v) is 3.07. The molecule has 0 spiro atoms. The number of unbranched alkanes of at least 4 members (excludes halogenated alkanes) is 1. The minimum atomic E-state index is 0. The number of guanidine groups is 1. The summed E-state index contributed by atoms with van der Waals surface area (Å²) in [5.74, 6) is 1.75. The number of nitrogens with zero attached hydrogens (tertiary/aromatic N) is 1. The smallest absolute Gasteiger partial charge is 0.191 e. The molecule has 0 amide bonds. The van der Waals surface area contributed by atoms with Crippen LogP contribution in [-0.2, 0) is 16.0 Å². The number of nitrogens with one attached hydrogen (secondary N) is 2. The number of hydrogen-bond acceptors (Lipinski definition) is 4. The van der Waals surface area contributed by atoms with Crippen molar-refractivity contribution in [1.29, 1.82) is 0 Å². The molecule has 166 valence electrons. The molecule has 1 aromatic rings. The van der Waals surface area contributed by atoms with E-state index in [0.29, 0.717) is 13.2 Å². The number of hydrogen-bond donors (Lipinski definition) is 2. The Morgan fingerprint density at radius 2 is 2.10 bits per heavy atom. The fraction of sp³-hybridized carbons (Fsp3) is 0.682. The van der Waals surface area contributed by atoms with Crippen LogP contribution in [0.3, 0.4) is 0 Å². The Labute approximate surface area is 193 Å². The highest BCUT2D eigenvalue weighted by Crippen LogP contribution is 2.23. The zero-order chi connectivity index (χ0) is 20.0. The van der Waals surface area contributed by atoms with E-state index in [1.165, 1.54) is 5.56 Å². The summed E-state index contributed by atoms with van der Waals surface area (Å²) in [5, 5.41) is 6.71. The first kappa shape index (κ1) is 26.0. The van der Waals surface area contributed by atoms with E-state index in [-0.39, 0.29) is 30.1 Å². The average molecular weight is 519 g/mol. The number of ether oxygens (including phenoxy) is 3. The molecule has 1 fully saturated rings. The predicted octanol–water partition coefficient (Wildman–Crippen LogP) is 4.04. The first-order chi connectivity index (χ1) is 13.7. The molecular weight excluding hydrogens is 481 g/mol. The maximum Gasteiger partial charge on any atom is 0.191 e. The van der Waals surface area contributed by atoms with Crippen LogP contribution in [0.5, 0.6) is 5.75 Å². The van der Waals surface area contributed by atoms with Gasteiger partial charge in [-0.2, -0.15) is 0 Å². The van der Waals surface area contributed by atoms with Crippen molar-refractivity contribution >= 4 is 29.9 Å². The van der Waals surface area contributed by atoms with E-state index >= 15 is 0 Å². The second kappa shape index (κ2) is 15.7. The van der Waals surface area contributed by atoms with Crippen molar-refractivity contribution in [1.82, 2.24) is 10.6 Å². The number of halogens is 1. The molecule has 1 unspecified atom stereocenters. The molecule has 1 aromatic carbocycles. The third-order valence-corrected chi connectivity index (χ3v) is 4.64. The molecule has 0 bridgehead atoms. The zero-order valence-corrected chi connectivity index (χ0v) is 20.5. The van der Waals surface area contributed by atoms with Crippen molar-refractivity contribution in [2.24, 2.45) is 4.99 Å². The lowest BCUT2D eigenvalue weighted by atomic mass is 10.1. The molecule has 0 aliphatic carbocycles. The van der Waals surface area contributed by atoms with Gasteiger partial charge in [0.1, 0.15) is 12.4 Å². The molecule has 1 aliphatic heterocycles. The lowest BCUT2D eigenvalue weighted by Gasteiger charge is -2.15. The van der Waals surface area contributed by atoms with Crippen LogP contribution >= 0.6 is 24.0 Å². The van der Waals surface area contributed by atoms with Crippen LogP contribution in [0.2, 0.25) is 0 Å². The number of rotatable bonds is 12. The van der Waals surface area contributed by atoms with Gasteiger partial charge < -0.3 is 24.8 Å². The topological polar surface area (TPSA) is 64.1 Å². The van der Waals surface area contributed by atoms with E-state index in [0.717, 1.165) is 75.9 Å². The van der Waals surface area contributed by atoms with Crippen molar-refractivity contribution in [2.45, 2.75) is 59.1 Å². The summed E-state index contributed by atoms with van der Waals surface area (Å²) in [6.07, 6.45) is 4.54. The lowest BCUT2D eigenvalue weighted by molar-refractivity contribution is 0.0676. The number of benzene rings is 1. The molecule has 2 rings (SSSR count). The summed E-state index contributed by atoms with van der Waals surface area (Å²) in [7, 11) is 0. The second-order valence-electron chi connectivity index (χ2n) is 7.08. The van der Waals surface area contributed by atoms with Gasteiger partial charge in [-0.3, -0.25) is 0 Å². The molecule has 29 heavy (non-hydrogen) atoms. The first-order valence-corrected chi connectivity index (χ1v) is 10.7. The first-order valence-electron chi connectivity index (χ1n) is 10.7. The van der Waals surface area contributed by atoms with E-state index in [1.54, 1.807) is 0 Å². The Kier molecular flexibility index (Phi) is 14.1. The molecule has 2 N–H and O–H groups in total. The SMILES string of the molecule is CCNC(=NCc1ccc(C)cc1OCC1CCCO1)NCCCCOCC.I. The third kappa shape index (κ3) is 10.5. The van der Waals surface area contributed by atoms with Crippen LogP contribution in [0.4, 0.5) is 0 Å². The molecule has 6 nitrogen and oxygen atoms in total. The van der Waals surface area contributed by atoms with Gasteiger partial charge in [0.15, 0.2) is 5.96 Å². The van der Waals surface area contributed by atoms with Crippen LogP contribution in [0.25, 0.3) is 0 Å². The van der Waals surface area contributed by atoms with Crippen molar-refractivity contribution in [2.75, 3.05) is 39.5 Å². The van der Waals surface area contributed by atoms with Crippen LogP contribution in [-0.4, -0.2) is 51.6 Å². The highest BCUT2D eigenvalue weighted by atomic mass is 127. The van der Waals surface area contributed by atoms with E-state index in [2.05, 4.69) is 42.7 Å². The van der Waals surface area contributed by atoms with Gasteiger partial charge in [-0.25, -0.2) is 4.99 Å². The number of aryl methyl sites for hydroxylation is 1. The molecule has 1 atom stereocenters. The van der Waals surface area contributed by atoms with E-state index in [9.17, 15) is 0 Å².